The molecule has 0 bridgehead atoms. The van der Waals surface area contributed by atoms with Gasteiger partial charge >= 0.3 is 0 Å². The summed E-state index contributed by atoms with van der Waals surface area (Å²) in [5, 5.41) is 0.994. The van der Waals surface area contributed by atoms with E-state index in [0.717, 1.165) is 42.5 Å². The van der Waals surface area contributed by atoms with Crippen LogP contribution in [-0.2, 0) is 0 Å². The summed E-state index contributed by atoms with van der Waals surface area (Å²) in [5.41, 5.74) is 7.75. The summed E-state index contributed by atoms with van der Waals surface area (Å²) in [6.45, 7) is 4.20. The van der Waals surface area contributed by atoms with E-state index in [-0.39, 0.29) is 11.8 Å². The lowest BCUT2D eigenvalue weighted by Crippen LogP contribution is -2.41. The van der Waals surface area contributed by atoms with E-state index in [1.54, 1.807) is 0 Å². The fourth-order valence-corrected chi connectivity index (χ4v) is 2.74. The standard InChI is InChI=1S/C16H20N2O2/c1-11-3-2-4-12-9-15(20-16(11)12)14(19)10-18-7-5-13(17)6-8-18/h2-4,9,13H,5-8,10,17H2,1H3. The smallest absolute Gasteiger partial charge is 0.211 e. The van der Waals surface area contributed by atoms with Gasteiger partial charge < -0.3 is 10.2 Å². The molecule has 1 aliphatic heterocycles. The second-order valence-corrected chi connectivity index (χ2v) is 5.64. The summed E-state index contributed by atoms with van der Waals surface area (Å²) in [4.78, 5) is 14.5. The van der Waals surface area contributed by atoms with Crippen LogP contribution in [0.5, 0.6) is 0 Å². The topological polar surface area (TPSA) is 59.5 Å². The SMILES string of the molecule is Cc1cccc2cc(C(=O)CN3CCC(N)CC3)oc12. The molecule has 20 heavy (non-hydrogen) atoms. The fraction of sp³-hybridized carbons (Fsp3) is 0.438. The highest BCUT2D eigenvalue weighted by molar-refractivity contribution is 5.99. The molecule has 0 spiro atoms. The Bertz CT molecular complexity index is 624. The van der Waals surface area contributed by atoms with Crippen LogP contribution in [-0.4, -0.2) is 36.4 Å². The summed E-state index contributed by atoms with van der Waals surface area (Å²) in [6, 6.07) is 8.08. The normalized spacial score (nSPS) is 17.7. The van der Waals surface area contributed by atoms with E-state index >= 15 is 0 Å². The molecule has 0 amide bonds. The van der Waals surface area contributed by atoms with Gasteiger partial charge in [0.15, 0.2) is 5.76 Å². The molecule has 0 saturated carbocycles. The number of furan rings is 1. The zero-order valence-electron chi connectivity index (χ0n) is 11.8. The summed E-state index contributed by atoms with van der Waals surface area (Å²) in [7, 11) is 0. The second-order valence-electron chi connectivity index (χ2n) is 5.64. The van der Waals surface area contributed by atoms with Crippen molar-refractivity contribution in [2.45, 2.75) is 25.8 Å². The number of carbonyl (C=O) groups excluding carboxylic acids is 1. The summed E-state index contributed by atoms with van der Waals surface area (Å²) < 4.78 is 5.72. The largest absolute Gasteiger partial charge is 0.453 e. The number of hydrogen-bond donors (Lipinski definition) is 1. The quantitative estimate of drug-likeness (QED) is 0.871. The number of piperidine rings is 1. The predicted octanol–water partition coefficient (Wildman–Crippen LogP) is 2.35. The van der Waals surface area contributed by atoms with Crippen LogP contribution in [0, 0.1) is 6.92 Å². The van der Waals surface area contributed by atoms with Gasteiger partial charge in [0.05, 0.1) is 6.54 Å². The highest BCUT2D eigenvalue weighted by Crippen LogP contribution is 2.23. The third-order valence-electron chi connectivity index (χ3n) is 4.02. The Kier molecular flexibility index (Phi) is 3.59. The lowest BCUT2D eigenvalue weighted by molar-refractivity contribution is 0.0884. The van der Waals surface area contributed by atoms with Crippen molar-refractivity contribution < 1.29 is 9.21 Å². The molecule has 1 aliphatic rings. The Morgan fingerprint density at radius 1 is 1.40 bits per heavy atom. The van der Waals surface area contributed by atoms with Crippen molar-refractivity contribution in [2.24, 2.45) is 5.73 Å². The first-order chi connectivity index (χ1) is 9.63. The van der Waals surface area contributed by atoms with Gasteiger partial charge in [0, 0.05) is 24.5 Å². The molecule has 4 heteroatoms. The fourth-order valence-electron chi connectivity index (χ4n) is 2.74. The maximum Gasteiger partial charge on any atom is 0.211 e. The summed E-state index contributed by atoms with van der Waals surface area (Å²) >= 11 is 0. The van der Waals surface area contributed by atoms with Crippen LogP contribution in [0.2, 0.25) is 0 Å². The number of fused-ring (bicyclic) bond motifs is 1. The number of aryl methyl sites for hydroxylation is 1. The van der Waals surface area contributed by atoms with Gasteiger partial charge in [-0.2, -0.15) is 0 Å². The third kappa shape index (κ3) is 2.62. The van der Waals surface area contributed by atoms with E-state index < -0.39 is 0 Å². The van der Waals surface area contributed by atoms with Crippen LogP contribution >= 0.6 is 0 Å². The Morgan fingerprint density at radius 2 is 2.15 bits per heavy atom. The Morgan fingerprint density at radius 3 is 2.85 bits per heavy atom. The van der Waals surface area contributed by atoms with Crippen LogP contribution in [0.3, 0.4) is 0 Å². The lowest BCUT2D eigenvalue weighted by Gasteiger charge is -2.29. The molecule has 1 aromatic heterocycles. The third-order valence-corrected chi connectivity index (χ3v) is 4.02. The number of benzene rings is 1. The molecular formula is C16H20N2O2. The molecule has 4 nitrogen and oxygen atoms in total. The number of nitrogens with two attached hydrogens (primary N) is 1. The molecule has 2 aromatic rings. The van der Waals surface area contributed by atoms with Gasteiger partial charge in [-0.25, -0.2) is 0 Å². The van der Waals surface area contributed by atoms with Crippen LogP contribution in [0.1, 0.15) is 29.0 Å². The lowest BCUT2D eigenvalue weighted by atomic mass is 10.1. The van der Waals surface area contributed by atoms with Crippen LogP contribution < -0.4 is 5.73 Å². The van der Waals surface area contributed by atoms with Gasteiger partial charge in [-0.1, -0.05) is 18.2 Å². The maximum atomic E-state index is 12.3. The Balaban J connectivity index is 1.74. The first-order valence-corrected chi connectivity index (χ1v) is 7.14. The van der Waals surface area contributed by atoms with E-state index in [9.17, 15) is 4.79 Å². The number of rotatable bonds is 3. The Labute approximate surface area is 118 Å². The van der Waals surface area contributed by atoms with E-state index in [0.29, 0.717) is 12.3 Å². The monoisotopic (exact) mass is 272 g/mol. The van der Waals surface area contributed by atoms with Gasteiger partial charge in [0.1, 0.15) is 5.58 Å². The zero-order valence-corrected chi connectivity index (χ0v) is 11.8. The molecule has 0 aliphatic carbocycles. The van der Waals surface area contributed by atoms with Crippen LogP contribution in [0.25, 0.3) is 11.0 Å². The number of carbonyl (C=O) groups is 1. The molecule has 0 unspecified atom stereocenters. The first kappa shape index (κ1) is 13.3. The van der Waals surface area contributed by atoms with Gasteiger partial charge in [-0.3, -0.25) is 9.69 Å². The van der Waals surface area contributed by atoms with E-state index in [2.05, 4.69) is 4.90 Å². The molecule has 0 radical (unpaired) electrons. The average molecular weight is 272 g/mol. The minimum atomic E-state index is 0.0519. The van der Waals surface area contributed by atoms with Gasteiger partial charge in [-0.15, -0.1) is 0 Å². The summed E-state index contributed by atoms with van der Waals surface area (Å²) in [6.07, 6.45) is 1.93. The van der Waals surface area contributed by atoms with E-state index in [1.807, 2.05) is 31.2 Å². The van der Waals surface area contributed by atoms with Crippen LogP contribution in [0.4, 0.5) is 0 Å². The molecular weight excluding hydrogens is 252 g/mol. The summed E-state index contributed by atoms with van der Waals surface area (Å²) in [5.74, 6) is 0.514. The zero-order chi connectivity index (χ0) is 14.1. The van der Waals surface area contributed by atoms with Crippen molar-refractivity contribution in [1.29, 1.82) is 0 Å². The number of ketones is 1. The molecule has 3 rings (SSSR count). The van der Waals surface area contributed by atoms with Crippen molar-refractivity contribution in [2.75, 3.05) is 19.6 Å². The molecule has 106 valence electrons. The minimum Gasteiger partial charge on any atom is -0.453 e. The molecule has 2 heterocycles. The van der Waals surface area contributed by atoms with Crippen molar-refractivity contribution in [3.63, 3.8) is 0 Å². The van der Waals surface area contributed by atoms with Gasteiger partial charge in [-0.05, 0) is 31.4 Å². The molecule has 1 aromatic carbocycles. The van der Waals surface area contributed by atoms with Crippen molar-refractivity contribution in [3.05, 3.63) is 35.6 Å². The minimum absolute atomic E-state index is 0.0519. The molecule has 0 atom stereocenters. The Hall–Kier alpha value is -1.65. The molecule has 1 saturated heterocycles. The van der Waals surface area contributed by atoms with Gasteiger partial charge in [0.2, 0.25) is 5.78 Å². The van der Waals surface area contributed by atoms with Crippen LogP contribution in [0.15, 0.2) is 28.7 Å². The highest BCUT2D eigenvalue weighted by atomic mass is 16.3. The predicted molar refractivity (Wildman–Crippen MR) is 78.9 cm³/mol. The molecule has 1 fully saturated rings. The number of Topliss-reactive ketones (excluding diaryl/α,β-unsaturated/α-hetero) is 1. The van der Waals surface area contributed by atoms with E-state index in [1.165, 1.54) is 0 Å². The number of nitrogens with zero attached hydrogens (tertiary/aromatic N) is 1. The number of para-hydroxylation sites is 1. The van der Waals surface area contributed by atoms with Crippen molar-refractivity contribution >= 4 is 16.8 Å². The van der Waals surface area contributed by atoms with E-state index in [4.69, 9.17) is 10.2 Å². The van der Waals surface area contributed by atoms with Crippen molar-refractivity contribution in [1.82, 2.24) is 4.90 Å². The van der Waals surface area contributed by atoms with Crippen molar-refractivity contribution in [3.8, 4) is 0 Å². The maximum absolute atomic E-state index is 12.3. The second kappa shape index (κ2) is 5.38. The number of likely N-dealkylation sites (tertiary alicyclic amines) is 1. The molecule has 2 N–H and O–H groups in total. The number of hydrogen-bond acceptors (Lipinski definition) is 4. The first-order valence-electron chi connectivity index (χ1n) is 7.14. The average Bonchev–Trinajstić information content (AvgIpc) is 2.87. The highest BCUT2D eigenvalue weighted by Gasteiger charge is 2.21. The van der Waals surface area contributed by atoms with Gasteiger partial charge in [0.25, 0.3) is 0 Å².